The fraction of sp³-hybridized carbons (Fsp3) is 0.533. The average Bonchev–Trinajstić information content (AvgIpc) is 3.09. The van der Waals surface area contributed by atoms with Gasteiger partial charge in [-0.05, 0) is 50.9 Å². The second-order valence-electron chi connectivity index (χ2n) is 5.48. The van der Waals surface area contributed by atoms with Crippen molar-refractivity contribution in [3.63, 3.8) is 0 Å². The van der Waals surface area contributed by atoms with Gasteiger partial charge in [-0.1, -0.05) is 0 Å². The highest BCUT2D eigenvalue weighted by Crippen LogP contribution is 2.26. The molecule has 1 unspecified atom stereocenters. The minimum Gasteiger partial charge on any atom is -0.462 e. The highest BCUT2D eigenvalue weighted by atomic mass is 32.1. The van der Waals surface area contributed by atoms with E-state index in [0.717, 1.165) is 48.9 Å². The Morgan fingerprint density at radius 3 is 2.95 bits per heavy atom. The van der Waals surface area contributed by atoms with Crippen molar-refractivity contribution in [2.45, 2.75) is 32.4 Å². The van der Waals surface area contributed by atoms with Crippen LogP contribution in [0.25, 0.3) is 10.8 Å². The summed E-state index contributed by atoms with van der Waals surface area (Å²) in [5.74, 6) is 1.30. The summed E-state index contributed by atoms with van der Waals surface area (Å²) in [5.41, 5.74) is 1.11. The van der Waals surface area contributed by atoms with Gasteiger partial charge < -0.3 is 9.52 Å². The molecule has 4 nitrogen and oxygen atoms in total. The number of rotatable bonds is 4. The number of furan rings is 1. The van der Waals surface area contributed by atoms with E-state index in [-0.39, 0.29) is 6.10 Å². The van der Waals surface area contributed by atoms with Crippen LogP contribution in [0.2, 0.25) is 0 Å². The van der Waals surface area contributed by atoms with Gasteiger partial charge in [-0.3, -0.25) is 4.90 Å². The van der Waals surface area contributed by atoms with Crippen LogP contribution in [-0.4, -0.2) is 34.2 Å². The van der Waals surface area contributed by atoms with Crippen LogP contribution in [0.1, 0.15) is 25.5 Å². The Hall–Kier alpha value is -1.17. The van der Waals surface area contributed by atoms with Gasteiger partial charge in [-0.15, -0.1) is 11.3 Å². The summed E-state index contributed by atoms with van der Waals surface area (Å²) >= 11 is 1.63. The van der Waals surface area contributed by atoms with Crippen LogP contribution >= 0.6 is 11.3 Å². The lowest BCUT2D eigenvalue weighted by molar-refractivity contribution is 0.0692. The van der Waals surface area contributed by atoms with Gasteiger partial charge in [0, 0.05) is 11.9 Å². The zero-order valence-corrected chi connectivity index (χ0v) is 12.5. The Morgan fingerprint density at radius 1 is 1.50 bits per heavy atom. The van der Waals surface area contributed by atoms with Gasteiger partial charge in [0.05, 0.1) is 18.1 Å². The number of aromatic nitrogens is 1. The molecule has 1 atom stereocenters. The molecule has 1 fully saturated rings. The largest absolute Gasteiger partial charge is 0.462 e. The molecule has 1 aliphatic rings. The Kier molecular flexibility index (Phi) is 4.19. The molecule has 1 aliphatic heterocycles. The van der Waals surface area contributed by atoms with E-state index in [0.29, 0.717) is 5.92 Å². The Labute approximate surface area is 123 Å². The molecule has 2 aromatic rings. The van der Waals surface area contributed by atoms with Crippen molar-refractivity contribution in [3.8, 4) is 10.8 Å². The van der Waals surface area contributed by atoms with E-state index in [2.05, 4.69) is 15.3 Å². The molecule has 0 amide bonds. The molecule has 0 aromatic carbocycles. The first kappa shape index (κ1) is 13.8. The van der Waals surface area contributed by atoms with E-state index in [1.807, 2.05) is 19.1 Å². The van der Waals surface area contributed by atoms with E-state index in [1.165, 1.54) is 0 Å². The van der Waals surface area contributed by atoms with E-state index in [1.54, 1.807) is 17.6 Å². The van der Waals surface area contributed by atoms with Gasteiger partial charge >= 0.3 is 0 Å². The molecule has 3 rings (SSSR count). The number of aliphatic hydroxyl groups excluding tert-OH is 1. The van der Waals surface area contributed by atoms with Crippen molar-refractivity contribution in [1.29, 1.82) is 0 Å². The molecule has 3 heterocycles. The molecule has 0 aliphatic carbocycles. The number of hydrogen-bond donors (Lipinski definition) is 1. The smallest absolute Gasteiger partial charge is 0.162 e. The van der Waals surface area contributed by atoms with E-state index >= 15 is 0 Å². The third-order valence-corrected chi connectivity index (χ3v) is 4.89. The average molecular weight is 292 g/mol. The molecule has 1 N–H and O–H groups in total. The molecule has 20 heavy (non-hydrogen) atoms. The number of aliphatic hydroxyl groups is 1. The van der Waals surface area contributed by atoms with Crippen LogP contribution in [0.4, 0.5) is 0 Å². The van der Waals surface area contributed by atoms with Crippen molar-refractivity contribution in [3.05, 3.63) is 29.5 Å². The molecular formula is C15H20N2O2S. The SMILES string of the molecule is CC(O)C1CCN(Cc2csc(-c3ccco3)n2)CC1. The summed E-state index contributed by atoms with van der Waals surface area (Å²) in [6, 6.07) is 3.83. The Balaban J connectivity index is 1.57. The fourth-order valence-corrected chi connectivity index (χ4v) is 3.49. The second kappa shape index (κ2) is 6.08. The third-order valence-electron chi connectivity index (χ3n) is 3.98. The summed E-state index contributed by atoms with van der Waals surface area (Å²) in [5, 5.41) is 12.7. The van der Waals surface area contributed by atoms with Crippen LogP contribution in [0.15, 0.2) is 28.2 Å². The molecule has 0 radical (unpaired) electrons. The van der Waals surface area contributed by atoms with E-state index in [4.69, 9.17) is 4.42 Å². The molecular weight excluding hydrogens is 272 g/mol. The first-order chi connectivity index (χ1) is 9.72. The molecule has 5 heteroatoms. The van der Waals surface area contributed by atoms with Crippen LogP contribution in [0.3, 0.4) is 0 Å². The number of thiazole rings is 1. The van der Waals surface area contributed by atoms with Crippen molar-refractivity contribution in [2.24, 2.45) is 5.92 Å². The number of piperidine rings is 1. The Bertz CT molecular complexity index is 528. The first-order valence-corrected chi connectivity index (χ1v) is 7.99. The fourth-order valence-electron chi connectivity index (χ4n) is 2.72. The summed E-state index contributed by atoms with van der Waals surface area (Å²) in [6.07, 6.45) is 3.65. The van der Waals surface area contributed by atoms with Crippen molar-refractivity contribution in [1.82, 2.24) is 9.88 Å². The van der Waals surface area contributed by atoms with Crippen molar-refractivity contribution in [2.75, 3.05) is 13.1 Å². The lowest BCUT2D eigenvalue weighted by Crippen LogP contribution is -2.36. The Morgan fingerprint density at radius 2 is 2.30 bits per heavy atom. The van der Waals surface area contributed by atoms with Crippen LogP contribution in [0.5, 0.6) is 0 Å². The van der Waals surface area contributed by atoms with Crippen LogP contribution in [-0.2, 0) is 6.54 Å². The first-order valence-electron chi connectivity index (χ1n) is 7.11. The minimum absolute atomic E-state index is 0.179. The zero-order chi connectivity index (χ0) is 13.9. The lowest BCUT2D eigenvalue weighted by atomic mass is 9.92. The maximum atomic E-state index is 9.62. The predicted octanol–water partition coefficient (Wildman–Crippen LogP) is 3.00. The predicted molar refractivity (Wildman–Crippen MR) is 79.5 cm³/mol. The normalized spacial score (nSPS) is 19.3. The summed E-state index contributed by atoms with van der Waals surface area (Å²) in [7, 11) is 0. The number of hydrogen-bond acceptors (Lipinski definition) is 5. The van der Waals surface area contributed by atoms with Crippen molar-refractivity contribution < 1.29 is 9.52 Å². The molecule has 0 spiro atoms. The monoisotopic (exact) mass is 292 g/mol. The molecule has 0 bridgehead atoms. The van der Waals surface area contributed by atoms with Gasteiger partial charge in [0.25, 0.3) is 0 Å². The summed E-state index contributed by atoms with van der Waals surface area (Å²) in [6.45, 7) is 4.88. The van der Waals surface area contributed by atoms with Gasteiger partial charge in [0.15, 0.2) is 10.8 Å². The lowest BCUT2D eigenvalue weighted by Gasteiger charge is -2.32. The summed E-state index contributed by atoms with van der Waals surface area (Å²) in [4.78, 5) is 7.05. The second-order valence-corrected chi connectivity index (χ2v) is 6.33. The van der Waals surface area contributed by atoms with Gasteiger partial charge in [0.1, 0.15) is 0 Å². The van der Waals surface area contributed by atoms with Gasteiger partial charge in [-0.2, -0.15) is 0 Å². The number of likely N-dealkylation sites (tertiary alicyclic amines) is 1. The maximum Gasteiger partial charge on any atom is 0.162 e. The van der Waals surface area contributed by atoms with Gasteiger partial charge in [-0.25, -0.2) is 4.98 Å². The van der Waals surface area contributed by atoms with Crippen LogP contribution < -0.4 is 0 Å². The topological polar surface area (TPSA) is 49.5 Å². The maximum absolute atomic E-state index is 9.62. The minimum atomic E-state index is -0.179. The molecule has 0 saturated carbocycles. The van der Waals surface area contributed by atoms with Crippen molar-refractivity contribution >= 4 is 11.3 Å². The summed E-state index contributed by atoms with van der Waals surface area (Å²) < 4.78 is 5.37. The molecule has 108 valence electrons. The molecule has 2 aromatic heterocycles. The molecule has 1 saturated heterocycles. The quantitative estimate of drug-likeness (QED) is 0.941. The number of nitrogens with zero attached hydrogens (tertiary/aromatic N) is 2. The van der Waals surface area contributed by atoms with Gasteiger partial charge in [0.2, 0.25) is 0 Å². The zero-order valence-electron chi connectivity index (χ0n) is 11.7. The standard InChI is InChI=1S/C15H20N2O2S/c1-11(18)12-4-6-17(7-5-12)9-13-10-20-15(16-13)14-3-2-8-19-14/h2-3,8,10-12,18H,4-7,9H2,1H3. The third kappa shape index (κ3) is 3.11. The van der Waals surface area contributed by atoms with E-state index < -0.39 is 0 Å². The highest BCUT2D eigenvalue weighted by Gasteiger charge is 2.23. The highest BCUT2D eigenvalue weighted by molar-refractivity contribution is 7.13. The van der Waals surface area contributed by atoms with Crippen LogP contribution in [0, 0.1) is 5.92 Å². The van der Waals surface area contributed by atoms with E-state index in [9.17, 15) is 5.11 Å².